The standard InChI is InChI=1S/C22H40N6O3/c1-7-18-17(19(8-2)31-26-18)16-25-20(23-9-3)24-10-11-27-12-14-28(15-13-27)21(29)30-22(4,5)6/h7-16H2,1-6H3,(H2,23,24,25). The van der Waals surface area contributed by atoms with Gasteiger partial charge in [-0.05, 0) is 34.1 Å². The van der Waals surface area contributed by atoms with Crippen molar-refractivity contribution in [3.05, 3.63) is 17.0 Å². The maximum Gasteiger partial charge on any atom is 0.410 e. The van der Waals surface area contributed by atoms with Crippen molar-refractivity contribution in [2.45, 2.75) is 66.5 Å². The molecule has 0 atom stereocenters. The summed E-state index contributed by atoms with van der Waals surface area (Å²) < 4.78 is 10.9. The Morgan fingerprint density at radius 1 is 1.13 bits per heavy atom. The van der Waals surface area contributed by atoms with E-state index in [1.807, 2.05) is 20.8 Å². The van der Waals surface area contributed by atoms with Crippen LogP contribution in [0, 0.1) is 0 Å². The van der Waals surface area contributed by atoms with Crippen molar-refractivity contribution in [1.29, 1.82) is 0 Å². The maximum atomic E-state index is 12.2. The molecule has 0 saturated carbocycles. The summed E-state index contributed by atoms with van der Waals surface area (Å²) in [6.45, 7) is 18.0. The van der Waals surface area contributed by atoms with E-state index in [0.29, 0.717) is 19.6 Å². The zero-order chi connectivity index (χ0) is 22.9. The fourth-order valence-electron chi connectivity index (χ4n) is 3.43. The SMILES string of the molecule is CCNC(=NCc1c(CC)noc1CC)NCCN1CCN(C(=O)OC(C)(C)C)CC1. The minimum Gasteiger partial charge on any atom is -0.444 e. The van der Waals surface area contributed by atoms with Crippen LogP contribution >= 0.6 is 0 Å². The van der Waals surface area contributed by atoms with Gasteiger partial charge in [0.15, 0.2) is 5.96 Å². The zero-order valence-electron chi connectivity index (χ0n) is 20.1. The highest BCUT2D eigenvalue weighted by Gasteiger charge is 2.25. The Kier molecular flexibility index (Phi) is 9.61. The Hall–Kier alpha value is -2.29. The quantitative estimate of drug-likeness (QED) is 0.477. The second-order valence-corrected chi connectivity index (χ2v) is 8.67. The monoisotopic (exact) mass is 436 g/mol. The Morgan fingerprint density at radius 2 is 1.84 bits per heavy atom. The molecule has 1 aliphatic rings. The molecular weight excluding hydrogens is 396 g/mol. The number of ether oxygens (including phenoxy) is 1. The number of aliphatic imine (C=N–C) groups is 1. The largest absolute Gasteiger partial charge is 0.444 e. The number of hydrogen-bond acceptors (Lipinski definition) is 6. The first-order valence-corrected chi connectivity index (χ1v) is 11.5. The zero-order valence-corrected chi connectivity index (χ0v) is 20.1. The van der Waals surface area contributed by atoms with E-state index in [1.54, 1.807) is 4.90 Å². The van der Waals surface area contributed by atoms with E-state index in [2.05, 4.69) is 41.5 Å². The van der Waals surface area contributed by atoms with Gasteiger partial charge in [0.2, 0.25) is 0 Å². The van der Waals surface area contributed by atoms with Gasteiger partial charge in [0.05, 0.1) is 12.2 Å². The minimum absolute atomic E-state index is 0.224. The molecule has 1 amide bonds. The van der Waals surface area contributed by atoms with E-state index < -0.39 is 5.60 Å². The van der Waals surface area contributed by atoms with Gasteiger partial charge in [0.1, 0.15) is 11.4 Å². The lowest BCUT2D eigenvalue weighted by molar-refractivity contribution is 0.0147. The highest BCUT2D eigenvalue weighted by Crippen LogP contribution is 2.17. The van der Waals surface area contributed by atoms with Gasteiger partial charge in [-0.1, -0.05) is 19.0 Å². The van der Waals surface area contributed by atoms with E-state index in [4.69, 9.17) is 14.3 Å². The molecule has 0 aliphatic carbocycles. The molecule has 176 valence electrons. The van der Waals surface area contributed by atoms with Gasteiger partial charge >= 0.3 is 6.09 Å². The first-order valence-electron chi connectivity index (χ1n) is 11.5. The number of aromatic nitrogens is 1. The van der Waals surface area contributed by atoms with Crippen LogP contribution in [0.25, 0.3) is 0 Å². The lowest BCUT2D eigenvalue weighted by atomic mass is 10.1. The molecule has 9 nitrogen and oxygen atoms in total. The first-order chi connectivity index (χ1) is 14.8. The number of piperazine rings is 1. The van der Waals surface area contributed by atoms with Crippen molar-refractivity contribution < 1.29 is 14.1 Å². The van der Waals surface area contributed by atoms with Crippen molar-refractivity contribution in [3.63, 3.8) is 0 Å². The van der Waals surface area contributed by atoms with Gasteiger partial charge in [-0.15, -0.1) is 0 Å². The van der Waals surface area contributed by atoms with Crippen LogP contribution in [-0.4, -0.2) is 78.4 Å². The third kappa shape index (κ3) is 8.05. The number of carbonyl (C=O) groups is 1. The van der Waals surface area contributed by atoms with Gasteiger partial charge in [-0.2, -0.15) is 0 Å². The predicted molar refractivity (Wildman–Crippen MR) is 122 cm³/mol. The van der Waals surface area contributed by atoms with Gasteiger partial charge in [-0.3, -0.25) is 4.90 Å². The second-order valence-electron chi connectivity index (χ2n) is 8.67. The van der Waals surface area contributed by atoms with Crippen LogP contribution in [-0.2, 0) is 24.1 Å². The molecular formula is C22H40N6O3. The number of rotatable bonds is 8. The maximum absolute atomic E-state index is 12.2. The van der Waals surface area contributed by atoms with Crippen LogP contribution in [0.15, 0.2) is 9.52 Å². The smallest absolute Gasteiger partial charge is 0.410 e. The number of aryl methyl sites for hydroxylation is 2. The van der Waals surface area contributed by atoms with Crippen LogP contribution in [0.2, 0.25) is 0 Å². The molecule has 31 heavy (non-hydrogen) atoms. The van der Waals surface area contributed by atoms with Crippen LogP contribution in [0.1, 0.15) is 58.6 Å². The van der Waals surface area contributed by atoms with Crippen LogP contribution in [0.4, 0.5) is 4.79 Å². The fourth-order valence-corrected chi connectivity index (χ4v) is 3.43. The van der Waals surface area contributed by atoms with Crippen molar-refractivity contribution >= 4 is 12.1 Å². The van der Waals surface area contributed by atoms with E-state index >= 15 is 0 Å². The Morgan fingerprint density at radius 3 is 2.42 bits per heavy atom. The normalized spacial score (nSPS) is 15.8. The lowest BCUT2D eigenvalue weighted by Crippen LogP contribution is -2.51. The summed E-state index contributed by atoms with van der Waals surface area (Å²) in [6, 6.07) is 0. The number of nitrogens with zero attached hydrogens (tertiary/aromatic N) is 4. The summed E-state index contributed by atoms with van der Waals surface area (Å²) in [5, 5.41) is 10.9. The van der Waals surface area contributed by atoms with Crippen LogP contribution in [0.3, 0.4) is 0 Å². The lowest BCUT2D eigenvalue weighted by Gasteiger charge is -2.35. The van der Waals surface area contributed by atoms with Crippen molar-refractivity contribution in [1.82, 2.24) is 25.6 Å². The summed E-state index contributed by atoms with van der Waals surface area (Å²) in [6.07, 6.45) is 1.43. The molecule has 1 fully saturated rings. The molecule has 0 unspecified atom stereocenters. The highest BCUT2D eigenvalue weighted by molar-refractivity contribution is 5.79. The number of hydrogen-bond donors (Lipinski definition) is 2. The molecule has 2 heterocycles. The van der Waals surface area contributed by atoms with Crippen molar-refractivity contribution in [3.8, 4) is 0 Å². The topological polar surface area (TPSA) is 95.2 Å². The Labute approximate surface area is 186 Å². The summed E-state index contributed by atoms with van der Waals surface area (Å²) in [4.78, 5) is 21.1. The molecule has 0 spiro atoms. The molecule has 1 saturated heterocycles. The number of carbonyl (C=O) groups excluding carboxylic acids is 1. The number of guanidine groups is 1. The van der Waals surface area contributed by atoms with E-state index in [1.165, 1.54) is 0 Å². The average Bonchev–Trinajstić information content (AvgIpc) is 3.13. The van der Waals surface area contributed by atoms with E-state index in [0.717, 1.165) is 68.5 Å². The van der Waals surface area contributed by atoms with Crippen LogP contribution in [0.5, 0.6) is 0 Å². The van der Waals surface area contributed by atoms with Gasteiger partial charge in [0.25, 0.3) is 0 Å². The third-order valence-electron chi connectivity index (χ3n) is 5.09. The molecule has 2 rings (SSSR count). The molecule has 2 N–H and O–H groups in total. The predicted octanol–water partition coefficient (Wildman–Crippen LogP) is 2.41. The van der Waals surface area contributed by atoms with E-state index in [9.17, 15) is 4.79 Å². The number of amides is 1. The summed E-state index contributed by atoms with van der Waals surface area (Å²) in [5.74, 6) is 1.71. The Bertz CT molecular complexity index is 696. The second kappa shape index (κ2) is 11.9. The molecule has 1 aliphatic heterocycles. The first kappa shape index (κ1) is 25.0. The highest BCUT2D eigenvalue weighted by atomic mass is 16.6. The van der Waals surface area contributed by atoms with E-state index in [-0.39, 0.29) is 6.09 Å². The molecule has 0 radical (unpaired) electrons. The van der Waals surface area contributed by atoms with Gasteiger partial charge < -0.3 is 24.8 Å². The molecule has 9 heteroatoms. The minimum atomic E-state index is -0.456. The molecule has 1 aromatic rings. The molecule has 0 bridgehead atoms. The molecule has 0 aromatic carbocycles. The van der Waals surface area contributed by atoms with Crippen molar-refractivity contribution in [2.24, 2.45) is 4.99 Å². The van der Waals surface area contributed by atoms with Crippen molar-refractivity contribution in [2.75, 3.05) is 45.8 Å². The summed E-state index contributed by atoms with van der Waals surface area (Å²) in [5.41, 5.74) is 1.63. The van der Waals surface area contributed by atoms with Crippen LogP contribution < -0.4 is 10.6 Å². The van der Waals surface area contributed by atoms with Gasteiger partial charge in [-0.25, -0.2) is 9.79 Å². The summed E-state index contributed by atoms with van der Waals surface area (Å²) in [7, 11) is 0. The Balaban J connectivity index is 1.80. The third-order valence-corrected chi connectivity index (χ3v) is 5.09. The molecule has 1 aromatic heterocycles. The number of nitrogens with one attached hydrogen (secondary N) is 2. The fraction of sp³-hybridized carbons (Fsp3) is 0.773. The average molecular weight is 437 g/mol. The summed E-state index contributed by atoms with van der Waals surface area (Å²) >= 11 is 0. The van der Waals surface area contributed by atoms with Gasteiger partial charge in [0, 0.05) is 57.8 Å².